The molecule has 1 saturated heterocycles. The SMILES string of the molecule is CCB1OC[C@@H]([C@@H](COC(C)=O)OC(C)=O)O1. The second kappa shape index (κ2) is 6.61. The predicted octanol–water partition coefficient (Wildman–Crippen LogP) is 0.405. The third-order valence-corrected chi connectivity index (χ3v) is 2.29. The Morgan fingerprint density at radius 2 is 2.12 bits per heavy atom. The number of carbonyl (C=O) groups is 2. The molecule has 0 saturated carbocycles. The largest absolute Gasteiger partial charge is 0.462 e. The highest BCUT2D eigenvalue weighted by Gasteiger charge is 2.36. The van der Waals surface area contributed by atoms with Crippen molar-refractivity contribution in [3.8, 4) is 0 Å². The molecule has 0 spiro atoms. The molecule has 17 heavy (non-hydrogen) atoms. The van der Waals surface area contributed by atoms with Crippen LogP contribution in [0.1, 0.15) is 20.8 Å². The highest BCUT2D eigenvalue weighted by Crippen LogP contribution is 2.17. The zero-order valence-electron chi connectivity index (χ0n) is 10.3. The van der Waals surface area contributed by atoms with E-state index in [-0.39, 0.29) is 19.8 Å². The van der Waals surface area contributed by atoms with Crippen molar-refractivity contribution >= 4 is 19.1 Å². The van der Waals surface area contributed by atoms with Gasteiger partial charge < -0.3 is 18.8 Å². The van der Waals surface area contributed by atoms with Crippen LogP contribution in [-0.2, 0) is 28.4 Å². The minimum atomic E-state index is -0.618. The summed E-state index contributed by atoms with van der Waals surface area (Å²) in [7, 11) is -0.282. The molecule has 7 heteroatoms. The Hall–Kier alpha value is -1.08. The van der Waals surface area contributed by atoms with Gasteiger partial charge in [0.2, 0.25) is 0 Å². The van der Waals surface area contributed by atoms with Crippen molar-refractivity contribution in [2.45, 2.75) is 39.3 Å². The van der Waals surface area contributed by atoms with Gasteiger partial charge in [-0.1, -0.05) is 6.92 Å². The molecular weight excluding hydrogens is 227 g/mol. The summed E-state index contributed by atoms with van der Waals surface area (Å²) in [6, 6.07) is 0. The fourth-order valence-corrected chi connectivity index (χ4v) is 1.51. The number of esters is 2. The van der Waals surface area contributed by atoms with E-state index in [2.05, 4.69) is 0 Å². The minimum absolute atomic E-state index is 0.0145. The standard InChI is InChI=1S/C10H17BO6/c1-4-11-15-6-10(17-11)9(16-8(3)13)5-14-7(2)12/h9-10H,4-6H2,1-3H3/t9-,10+/m1/s1. The molecule has 1 rings (SSSR count). The van der Waals surface area contributed by atoms with E-state index in [1.54, 1.807) is 0 Å². The molecule has 0 radical (unpaired) electrons. The molecule has 1 fully saturated rings. The van der Waals surface area contributed by atoms with E-state index in [1.165, 1.54) is 13.8 Å². The summed E-state index contributed by atoms with van der Waals surface area (Å²) in [6.45, 7) is 4.84. The van der Waals surface area contributed by atoms with Gasteiger partial charge in [-0.25, -0.2) is 0 Å². The first-order valence-electron chi connectivity index (χ1n) is 5.60. The average Bonchev–Trinajstić information content (AvgIpc) is 2.71. The Labute approximate surface area is 101 Å². The first-order valence-corrected chi connectivity index (χ1v) is 5.60. The van der Waals surface area contributed by atoms with Crippen LogP contribution in [0.2, 0.25) is 6.32 Å². The van der Waals surface area contributed by atoms with Gasteiger partial charge in [0.05, 0.1) is 6.61 Å². The van der Waals surface area contributed by atoms with E-state index in [0.717, 1.165) is 6.32 Å². The fourth-order valence-electron chi connectivity index (χ4n) is 1.51. The molecule has 0 aromatic carbocycles. The lowest BCUT2D eigenvalue weighted by atomic mass is 9.87. The third-order valence-electron chi connectivity index (χ3n) is 2.29. The first kappa shape index (κ1) is 14.0. The monoisotopic (exact) mass is 244 g/mol. The molecule has 0 bridgehead atoms. The number of hydrogen-bond donors (Lipinski definition) is 0. The maximum Gasteiger partial charge on any atom is 0.457 e. The molecular formula is C10H17BO6. The molecule has 1 aliphatic rings. The smallest absolute Gasteiger partial charge is 0.457 e. The van der Waals surface area contributed by atoms with Crippen LogP contribution in [0.3, 0.4) is 0 Å². The molecule has 0 aliphatic carbocycles. The minimum Gasteiger partial charge on any atom is -0.462 e. The maximum atomic E-state index is 10.9. The van der Waals surface area contributed by atoms with Crippen LogP contribution < -0.4 is 0 Å². The van der Waals surface area contributed by atoms with Gasteiger partial charge in [-0.05, 0) is 6.32 Å². The van der Waals surface area contributed by atoms with Crippen LogP contribution >= 0.6 is 0 Å². The number of rotatable bonds is 5. The van der Waals surface area contributed by atoms with Crippen molar-refractivity contribution in [1.29, 1.82) is 0 Å². The summed E-state index contributed by atoms with van der Waals surface area (Å²) in [5.74, 6) is -0.862. The molecule has 0 aromatic heterocycles. The van der Waals surface area contributed by atoms with Gasteiger partial charge in [-0.2, -0.15) is 0 Å². The van der Waals surface area contributed by atoms with E-state index in [1.807, 2.05) is 6.92 Å². The van der Waals surface area contributed by atoms with Crippen LogP contribution in [0.4, 0.5) is 0 Å². The fraction of sp³-hybridized carbons (Fsp3) is 0.800. The van der Waals surface area contributed by atoms with Crippen LogP contribution in [0.25, 0.3) is 0 Å². The Balaban J connectivity index is 2.50. The number of ether oxygens (including phenoxy) is 2. The summed E-state index contributed by atoms with van der Waals surface area (Å²) in [6.07, 6.45) is -0.284. The van der Waals surface area contributed by atoms with Crippen LogP contribution in [0.5, 0.6) is 0 Å². The topological polar surface area (TPSA) is 71.1 Å². The van der Waals surface area contributed by atoms with E-state index >= 15 is 0 Å². The molecule has 0 amide bonds. The zero-order chi connectivity index (χ0) is 12.8. The molecule has 96 valence electrons. The van der Waals surface area contributed by atoms with Gasteiger partial charge in [0.15, 0.2) is 6.10 Å². The summed E-state index contributed by atoms with van der Waals surface area (Å²) in [4.78, 5) is 21.7. The third kappa shape index (κ3) is 4.74. The van der Waals surface area contributed by atoms with Crippen molar-refractivity contribution in [2.75, 3.05) is 13.2 Å². The van der Waals surface area contributed by atoms with Crippen LogP contribution in [-0.4, -0.2) is 44.5 Å². The second-order valence-electron chi connectivity index (χ2n) is 3.80. The van der Waals surface area contributed by atoms with Crippen LogP contribution in [0, 0.1) is 0 Å². The van der Waals surface area contributed by atoms with Gasteiger partial charge >= 0.3 is 19.1 Å². The van der Waals surface area contributed by atoms with Gasteiger partial charge in [0.1, 0.15) is 12.7 Å². The quantitative estimate of drug-likeness (QED) is 0.515. The first-order chi connectivity index (χ1) is 8.02. The lowest BCUT2D eigenvalue weighted by Gasteiger charge is -2.21. The Morgan fingerprint density at radius 1 is 1.41 bits per heavy atom. The Kier molecular flexibility index (Phi) is 5.44. The highest BCUT2D eigenvalue weighted by atomic mass is 16.7. The molecule has 0 unspecified atom stereocenters. The predicted molar refractivity (Wildman–Crippen MR) is 59.2 cm³/mol. The highest BCUT2D eigenvalue weighted by molar-refractivity contribution is 6.44. The zero-order valence-corrected chi connectivity index (χ0v) is 10.3. The summed E-state index contributed by atoms with van der Waals surface area (Å²) in [5, 5.41) is 0. The Morgan fingerprint density at radius 3 is 2.59 bits per heavy atom. The van der Waals surface area contributed by atoms with Crippen molar-refractivity contribution < 1.29 is 28.4 Å². The van der Waals surface area contributed by atoms with Gasteiger partial charge in [-0.3, -0.25) is 9.59 Å². The molecule has 0 aromatic rings. The second-order valence-corrected chi connectivity index (χ2v) is 3.80. The number of hydrogen-bond acceptors (Lipinski definition) is 6. The Bertz CT molecular complexity index is 282. The lowest BCUT2D eigenvalue weighted by molar-refractivity contribution is -0.161. The van der Waals surface area contributed by atoms with E-state index < -0.39 is 18.0 Å². The van der Waals surface area contributed by atoms with Crippen LogP contribution in [0.15, 0.2) is 0 Å². The average molecular weight is 244 g/mol. The van der Waals surface area contributed by atoms with Crippen molar-refractivity contribution in [3.05, 3.63) is 0 Å². The van der Waals surface area contributed by atoms with Gasteiger partial charge in [0.25, 0.3) is 0 Å². The summed E-state index contributed by atoms with van der Waals surface area (Å²) >= 11 is 0. The van der Waals surface area contributed by atoms with Gasteiger partial charge in [0, 0.05) is 13.8 Å². The van der Waals surface area contributed by atoms with E-state index in [4.69, 9.17) is 18.8 Å². The summed E-state index contributed by atoms with van der Waals surface area (Å²) in [5.41, 5.74) is 0. The summed E-state index contributed by atoms with van der Waals surface area (Å²) < 4.78 is 20.7. The lowest BCUT2D eigenvalue weighted by Crippen LogP contribution is -2.37. The van der Waals surface area contributed by atoms with E-state index in [9.17, 15) is 9.59 Å². The van der Waals surface area contributed by atoms with Crippen molar-refractivity contribution in [1.82, 2.24) is 0 Å². The molecule has 6 nitrogen and oxygen atoms in total. The normalized spacial score (nSPS) is 21.1. The molecule has 1 heterocycles. The maximum absolute atomic E-state index is 10.9. The van der Waals surface area contributed by atoms with Gasteiger partial charge in [-0.15, -0.1) is 0 Å². The van der Waals surface area contributed by atoms with E-state index in [0.29, 0.717) is 6.61 Å². The number of carbonyl (C=O) groups excluding carboxylic acids is 2. The molecule has 1 aliphatic heterocycles. The van der Waals surface area contributed by atoms with Crippen molar-refractivity contribution in [3.63, 3.8) is 0 Å². The van der Waals surface area contributed by atoms with Crippen molar-refractivity contribution in [2.24, 2.45) is 0 Å². The molecule has 0 N–H and O–H groups in total. The molecule has 2 atom stereocenters.